The fourth-order valence-corrected chi connectivity index (χ4v) is 3.03. The summed E-state index contributed by atoms with van der Waals surface area (Å²) < 4.78 is 39.1. The molecular weight excluding hydrogens is 291 g/mol. The number of aryl methyl sites for hydroxylation is 1. The van der Waals surface area contributed by atoms with Crippen molar-refractivity contribution in [3.8, 4) is 0 Å². The van der Waals surface area contributed by atoms with Crippen molar-refractivity contribution in [3.05, 3.63) is 52.6 Å². The van der Waals surface area contributed by atoms with E-state index in [-0.39, 0.29) is 12.0 Å². The Hall–Kier alpha value is -1.82. The first-order chi connectivity index (χ1) is 10.5. The predicted molar refractivity (Wildman–Crippen MR) is 77.4 cm³/mol. The van der Waals surface area contributed by atoms with Crippen molar-refractivity contribution in [3.63, 3.8) is 0 Å². The van der Waals surface area contributed by atoms with Gasteiger partial charge in [-0.2, -0.15) is 13.2 Å². The van der Waals surface area contributed by atoms with Crippen LogP contribution in [-0.4, -0.2) is 16.5 Å². The summed E-state index contributed by atoms with van der Waals surface area (Å²) in [5.74, 6) is 1.03. The van der Waals surface area contributed by atoms with Crippen molar-refractivity contribution in [1.29, 1.82) is 0 Å². The molecule has 0 aliphatic heterocycles. The number of nitrogens with two attached hydrogens (primary N) is 1. The summed E-state index contributed by atoms with van der Waals surface area (Å²) in [5.41, 5.74) is 7.36. The molecule has 3 nitrogen and oxygen atoms in total. The number of aromatic nitrogens is 2. The molecule has 0 amide bonds. The number of benzene rings is 1. The third kappa shape index (κ3) is 3.02. The normalized spacial score (nSPS) is 18.3. The second-order valence-electron chi connectivity index (χ2n) is 5.78. The van der Waals surface area contributed by atoms with E-state index >= 15 is 0 Å². The van der Waals surface area contributed by atoms with E-state index in [2.05, 4.69) is 9.97 Å². The highest BCUT2D eigenvalue weighted by Crippen LogP contribution is 2.33. The Kier molecular flexibility index (Phi) is 3.95. The van der Waals surface area contributed by atoms with Gasteiger partial charge in [0.15, 0.2) is 0 Å². The highest BCUT2D eigenvalue weighted by atomic mass is 19.4. The Morgan fingerprint density at radius 1 is 1.27 bits per heavy atom. The number of nitrogens with one attached hydrogen (secondary N) is 1. The quantitative estimate of drug-likeness (QED) is 0.915. The fraction of sp³-hybridized carbons (Fsp3) is 0.438. The van der Waals surface area contributed by atoms with Gasteiger partial charge in [-0.1, -0.05) is 18.2 Å². The van der Waals surface area contributed by atoms with E-state index in [4.69, 9.17) is 5.73 Å². The lowest BCUT2D eigenvalue weighted by Gasteiger charge is -2.18. The molecular formula is C16H18F3N3. The highest BCUT2D eigenvalue weighted by Gasteiger charge is 2.33. The molecule has 118 valence electrons. The van der Waals surface area contributed by atoms with Crippen molar-refractivity contribution in [2.45, 2.75) is 31.9 Å². The van der Waals surface area contributed by atoms with Crippen LogP contribution in [0.4, 0.5) is 13.2 Å². The van der Waals surface area contributed by atoms with Gasteiger partial charge in [0.05, 0.1) is 11.3 Å². The number of nitrogens with zero attached hydrogens (tertiary/aromatic N) is 1. The molecule has 0 saturated heterocycles. The van der Waals surface area contributed by atoms with Gasteiger partial charge in [0.2, 0.25) is 0 Å². The number of hydrogen-bond acceptors (Lipinski definition) is 2. The Morgan fingerprint density at radius 2 is 2.05 bits per heavy atom. The van der Waals surface area contributed by atoms with Gasteiger partial charge in [-0.3, -0.25) is 0 Å². The molecule has 1 aliphatic carbocycles. The molecule has 3 rings (SSSR count). The number of hydrogen-bond donors (Lipinski definition) is 2. The fourth-order valence-electron chi connectivity index (χ4n) is 3.03. The largest absolute Gasteiger partial charge is 0.416 e. The zero-order chi connectivity index (χ0) is 15.7. The van der Waals surface area contributed by atoms with Gasteiger partial charge in [-0.25, -0.2) is 4.98 Å². The van der Waals surface area contributed by atoms with Gasteiger partial charge in [-0.15, -0.1) is 0 Å². The maximum absolute atomic E-state index is 13.0. The standard InChI is InChI=1S/C16H18F3N3/c17-16(18,19)12-4-2-1-3-11(12)8-15-21-13-6-5-10(9-20)7-14(13)22-15/h1-4,10H,5-9,20H2,(H,21,22). The zero-order valence-electron chi connectivity index (χ0n) is 12.1. The average Bonchev–Trinajstić information content (AvgIpc) is 2.87. The van der Waals surface area contributed by atoms with E-state index < -0.39 is 11.7 Å². The van der Waals surface area contributed by atoms with Crippen LogP contribution in [0.2, 0.25) is 0 Å². The Labute approximate surface area is 126 Å². The molecule has 1 aromatic carbocycles. The molecule has 1 atom stereocenters. The van der Waals surface area contributed by atoms with Gasteiger partial charge in [0.25, 0.3) is 0 Å². The summed E-state index contributed by atoms with van der Waals surface area (Å²) in [6, 6.07) is 5.65. The number of imidazole rings is 1. The molecule has 1 heterocycles. The van der Waals surface area contributed by atoms with Crippen LogP contribution in [0, 0.1) is 5.92 Å². The smallest absolute Gasteiger partial charge is 0.345 e. The van der Waals surface area contributed by atoms with Crippen LogP contribution in [0.15, 0.2) is 24.3 Å². The third-order valence-electron chi connectivity index (χ3n) is 4.21. The van der Waals surface area contributed by atoms with Crippen LogP contribution < -0.4 is 5.73 Å². The molecule has 2 aromatic rings. The zero-order valence-corrected chi connectivity index (χ0v) is 12.1. The van der Waals surface area contributed by atoms with E-state index in [1.165, 1.54) is 12.1 Å². The molecule has 0 saturated carbocycles. The van der Waals surface area contributed by atoms with E-state index in [0.29, 0.717) is 18.3 Å². The van der Waals surface area contributed by atoms with E-state index in [9.17, 15) is 13.2 Å². The van der Waals surface area contributed by atoms with Gasteiger partial charge in [0.1, 0.15) is 5.82 Å². The van der Waals surface area contributed by atoms with E-state index in [1.54, 1.807) is 6.07 Å². The number of rotatable bonds is 3. The maximum atomic E-state index is 13.0. The van der Waals surface area contributed by atoms with Gasteiger partial charge in [-0.05, 0) is 43.4 Å². The first-order valence-electron chi connectivity index (χ1n) is 7.39. The number of fused-ring (bicyclic) bond motifs is 1. The summed E-state index contributed by atoms with van der Waals surface area (Å²) in [7, 11) is 0. The number of alkyl halides is 3. The lowest BCUT2D eigenvalue weighted by Crippen LogP contribution is -2.22. The van der Waals surface area contributed by atoms with E-state index in [0.717, 1.165) is 36.7 Å². The second kappa shape index (κ2) is 5.76. The average molecular weight is 309 g/mol. The molecule has 1 unspecified atom stereocenters. The minimum Gasteiger partial charge on any atom is -0.345 e. The van der Waals surface area contributed by atoms with Gasteiger partial charge >= 0.3 is 6.18 Å². The Morgan fingerprint density at radius 3 is 2.77 bits per heavy atom. The first kappa shape index (κ1) is 15.1. The number of H-pyrrole nitrogens is 1. The van der Waals surface area contributed by atoms with Gasteiger partial charge < -0.3 is 10.7 Å². The molecule has 3 N–H and O–H groups in total. The highest BCUT2D eigenvalue weighted by molar-refractivity contribution is 5.33. The third-order valence-corrected chi connectivity index (χ3v) is 4.21. The molecule has 22 heavy (non-hydrogen) atoms. The topological polar surface area (TPSA) is 54.7 Å². The molecule has 6 heteroatoms. The molecule has 0 radical (unpaired) electrons. The minimum atomic E-state index is -4.34. The van der Waals surface area contributed by atoms with Crippen LogP contribution in [0.5, 0.6) is 0 Å². The van der Waals surface area contributed by atoms with Crippen molar-refractivity contribution in [1.82, 2.24) is 9.97 Å². The summed E-state index contributed by atoms with van der Waals surface area (Å²) >= 11 is 0. The first-order valence-corrected chi connectivity index (χ1v) is 7.39. The van der Waals surface area contributed by atoms with Crippen molar-refractivity contribution < 1.29 is 13.2 Å². The van der Waals surface area contributed by atoms with E-state index in [1.807, 2.05) is 0 Å². The van der Waals surface area contributed by atoms with Crippen LogP contribution in [-0.2, 0) is 25.4 Å². The Balaban J connectivity index is 1.85. The second-order valence-corrected chi connectivity index (χ2v) is 5.78. The summed E-state index contributed by atoms with van der Waals surface area (Å²) in [6.07, 6.45) is -1.51. The van der Waals surface area contributed by atoms with Crippen LogP contribution >= 0.6 is 0 Å². The molecule has 1 aromatic heterocycles. The van der Waals surface area contributed by atoms with Crippen LogP contribution in [0.25, 0.3) is 0 Å². The molecule has 0 bridgehead atoms. The summed E-state index contributed by atoms with van der Waals surface area (Å²) in [6.45, 7) is 0.630. The van der Waals surface area contributed by atoms with Crippen LogP contribution in [0.1, 0.15) is 34.8 Å². The van der Waals surface area contributed by atoms with Crippen molar-refractivity contribution >= 4 is 0 Å². The SMILES string of the molecule is NCC1CCc2nc(Cc3ccccc3C(F)(F)F)[nH]c2C1. The monoisotopic (exact) mass is 309 g/mol. The Bertz CT molecular complexity index is 661. The summed E-state index contributed by atoms with van der Waals surface area (Å²) in [4.78, 5) is 7.67. The molecule has 0 fully saturated rings. The summed E-state index contributed by atoms with van der Waals surface area (Å²) in [5, 5.41) is 0. The molecule has 1 aliphatic rings. The number of aromatic amines is 1. The van der Waals surface area contributed by atoms with Crippen molar-refractivity contribution in [2.75, 3.05) is 6.54 Å². The van der Waals surface area contributed by atoms with Crippen molar-refractivity contribution in [2.24, 2.45) is 11.7 Å². The van der Waals surface area contributed by atoms with Crippen LogP contribution in [0.3, 0.4) is 0 Å². The molecule has 0 spiro atoms. The number of halogens is 3. The predicted octanol–water partition coefficient (Wildman–Crippen LogP) is 3.08. The lowest BCUT2D eigenvalue weighted by atomic mass is 9.90. The van der Waals surface area contributed by atoms with Gasteiger partial charge in [0, 0.05) is 12.1 Å². The lowest BCUT2D eigenvalue weighted by molar-refractivity contribution is -0.138. The minimum absolute atomic E-state index is 0.163. The maximum Gasteiger partial charge on any atom is 0.416 e.